The highest BCUT2D eigenvalue weighted by Gasteiger charge is 2.59. The Hall–Kier alpha value is -2.34. The molecule has 0 spiro atoms. The van der Waals surface area contributed by atoms with Gasteiger partial charge in [0.15, 0.2) is 5.54 Å². The van der Waals surface area contributed by atoms with Gasteiger partial charge < -0.3 is 9.77 Å². The molecule has 115 valence electrons. The van der Waals surface area contributed by atoms with Crippen molar-refractivity contribution in [3.8, 4) is 5.69 Å². The molecule has 1 radical (unpaired) electrons. The molecule has 0 amide bonds. The van der Waals surface area contributed by atoms with Crippen LogP contribution in [0, 0.1) is 5.21 Å². The Bertz CT molecular complexity index is 715. The van der Waals surface area contributed by atoms with Crippen molar-refractivity contribution in [2.45, 2.75) is 38.8 Å². The van der Waals surface area contributed by atoms with Gasteiger partial charge in [-0.05, 0) is 52.0 Å². The highest BCUT2D eigenvalue weighted by atomic mass is 16.5. The first-order chi connectivity index (χ1) is 10.3. The fraction of sp³-hybridized carbons (Fsp3) is 0.375. The predicted octanol–water partition coefficient (Wildman–Crippen LogP) is 2.35. The minimum atomic E-state index is -0.799. The third kappa shape index (κ3) is 1.84. The van der Waals surface area contributed by atoms with Crippen LogP contribution in [0.25, 0.3) is 5.69 Å². The van der Waals surface area contributed by atoms with Gasteiger partial charge in [0.2, 0.25) is 0 Å². The van der Waals surface area contributed by atoms with Crippen molar-refractivity contribution in [2.75, 3.05) is 0 Å². The summed E-state index contributed by atoms with van der Waals surface area (Å²) in [6.07, 6.45) is 5.23. The summed E-state index contributed by atoms with van der Waals surface area (Å²) >= 11 is 0. The second kappa shape index (κ2) is 4.58. The molecule has 22 heavy (non-hydrogen) atoms. The lowest BCUT2D eigenvalue weighted by atomic mass is 9.84. The fourth-order valence-electron chi connectivity index (χ4n) is 2.54. The highest BCUT2D eigenvalue weighted by molar-refractivity contribution is 5.96. The van der Waals surface area contributed by atoms with Crippen molar-refractivity contribution in [1.82, 2.24) is 14.6 Å². The molecule has 6 heteroatoms. The van der Waals surface area contributed by atoms with Crippen LogP contribution in [0.1, 0.15) is 33.3 Å². The highest BCUT2D eigenvalue weighted by Crippen LogP contribution is 2.37. The van der Waals surface area contributed by atoms with E-state index in [9.17, 15) is 10.4 Å². The maximum Gasteiger partial charge on any atom is 0.316 e. The van der Waals surface area contributed by atoms with E-state index >= 15 is 0 Å². The average Bonchev–Trinajstić information content (AvgIpc) is 3.04. The van der Waals surface area contributed by atoms with Crippen LogP contribution in [-0.2, 0) is 5.21 Å². The number of amidine groups is 1. The molecular formula is C16H19N4O2. The van der Waals surface area contributed by atoms with Gasteiger partial charge in [0.25, 0.3) is 0 Å². The molecule has 2 aromatic rings. The number of rotatable bonds is 2. The van der Waals surface area contributed by atoms with Gasteiger partial charge in [-0.2, -0.15) is 0 Å². The van der Waals surface area contributed by atoms with E-state index in [0.717, 1.165) is 15.5 Å². The van der Waals surface area contributed by atoms with Gasteiger partial charge in [0.1, 0.15) is 5.54 Å². The maximum atomic E-state index is 12.6. The van der Waals surface area contributed by atoms with E-state index in [-0.39, 0.29) is 5.84 Å². The van der Waals surface area contributed by atoms with E-state index in [4.69, 9.17) is 0 Å². The van der Waals surface area contributed by atoms with Crippen LogP contribution < -0.4 is 0 Å². The summed E-state index contributed by atoms with van der Waals surface area (Å²) < 4.78 is 2.69. The van der Waals surface area contributed by atoms with E-state index in [1.807, 2.05) is 22.9 Å². The Morgan fingerprint density at radius 3 is 2.23 bits per heavy atom. The van der Waals surface area contributed by atoms with E-state index in [2.05, 4.69) is 4.98 Å². The Balaban J connectivity index is 2.03. The summed E-state index contributed by atoms with van der Waals surface area (Å²) in [7, 11) is 0. The first-order valence-corrected chi connectivity index (χ1v) is 7.17. The van der Waals surface area contributed by atoms with Gasteiger partial charge in [0, 0.05) is 23.3 Å². The Kier molecular flexibility index (Phi) is 3.04. The molecule has 0 aliphatic carbocycles. The average molecular weight is 299 g/mol. The second-order valence-corrected chi connectivity index (χ2v) is 6.55. The molecule has 0 atom stereocenters. The van der Waals surface area contributed by atoms with E-state index in [0.29, 0.717) is 5.56 Å². The second-order valence-electron chi connectivity index (χ2n) is 6.55. The third-order valence-electron chi connectivity index (χ3n) is 4.83. The molecule has 0 bridgehead atoms. The monoisotopic (exact) mass is 299 g/mol. The number of hydrogen-bond donors (Lipinski definition) is 0. The number of hydroxylamine groups is 3. The Morgan fingerprint density at radius 2 is 1.77 bits per heavy atom. The maximum absolute atomic E-state index is 12.6. The van der Waals surface area contributed by atoms with E-state index < -0.39 is 11.1 Å². The molecule has 1 aliphatic heterocycles. The molecule has 2 heterocycles. The zero-order valence-corrected chi connectivity index (χ0v) is 13.1. The van der Waals surface area contributed by atoms with Crippen molar-refractivity contribution < 1.29 is 9.95 Å². The van der Waals surface area contributed by atoms with Gasteiger partial charge in [-0.1, -0.05) is 5.06 Å². The minimum Gasteiger partial charge on any atom is -0.714 e. The first-order valence-electron chi connectivity index (χ1n) is 7.17. The Labute approximate surface area is 129 Å². The molecule has 0 unspecified atom stereocenters. The van der Waals surface area contributed by atoms with Crippen LogP contribution in [0.4, 0.5) is 0 Å². The first kappa shape index (κ1) is 14.6. The van der Waals surface area contributed by atoms with E-state index in [1.54, 1.807) is 52.4 Å². The predicted molar refractivity (Wildman–Crippen MR) is 82.0 cm³/mol. The molecule has 0 fully saturated rings. The minimum absolute atomic E-state index is 0.159. The molecular weight excluding hydrogens is 280 g/mol. The smallest absolute Gasteiger partial charge is 0.316 e. The molecule has 1 aliphatic rings. The topological polar surface area (TPSA) is 67.0 Å². The number of imidazole rings is 1. The zero-order valence-electron chi connectivity index (χ0n) is 13.1. The number of nitrogens with zero attached hydrogens (tertiary/aromatic N) is 4. The lowest BCUT2D eigenvalue weighted by Gasteiger charge is -2.32. The summed E-state index contributed by atoms with van der Waals surface area (Å²) in [6.45, 7) is 7.16. The molecule has 1 aromatic carbocycles. The molecule has 3 rings (SSSR count). The normalized spacial score (nSPS) is 19.8. The van der Waals surface area contributed by atoms with Crippen molar-refractivity contribution in [2.24, 2.45) is 0 Å². The molecule has 0 N–H and O–H groups in total. The summed E-state index contributed by atoms with van der Waals surface area (Å²) in [4.78, 5) is 4.00. The quantitative estimate of drug-likeness (QED) is 0.631. The van der Waals surface area contributed by atoms with Crippen LogP contribution in [0.2, 0.25) is 0 Å². The molecule has 0 saturated heterocycles. The number of hydrogen-bond acceptors (Lipinski definition) is 3. The van der Waals surface area contributed by atoms with Crippen LogP contribution in [0.3, 0.4) is 0 Å². The van der Waals surface area contributed by atoms with E-state index in [1.165, 1.54) is 0 Å². The van der Waals surface area contributed by atoms with Gasteiger partial charge in [0.05, 0.1) is 11.9 Å². The van der Waals surface area contributed by atoms with Gasteiger partial charge in [-0.15, -0.1) is 0 Å². The van der Waals surface area contributed by atoms with Crippen LogP contribution in [-0.4, -0.2) is 36.3 Å². The van der Waals surface area contributed by atoms with Crippen molar-refractivity contribution >= 4 is 5.84 Å². The number of benzene rings is 1. The van der Waals surface area contributed by atoms with Gasteiger partial charge in [-0.3, -0.25) is 4.74 Å². The van der Waals surface area contributed by atoms with Crippen LogP contribution >= 0.6 is 0 Å². The van der Waals surface area contributed by atoms with Crippen LogP contribution in [0.5, 0.6) is 0 Å². The van der Waals surface area contributed by atoms with Gasteiger partial charge in [-0.25, -0.2) is 4.98 Å². The van der Waals surface area contributed by atoms with Crippen molar-refractivity contribution in [1.29, 1.82) is 0 Å². The fourth-order valence-corrected chi connectivity index (χ4v) is 2.54. The third-order valence-corrected chi connectivity index (χ3v) is 4.83. The summed E-state index contributed by atoms with van der Waals surface area (Å²) in [6, 6.07) is 7.31. The molecule has 6 nitrogen and oxygen atoms in total. The zero-order chi connectivity index (χ0) is 16.1. The SMILES string of the molecule is CC1(C)N([O])C(c2ccc(-n3ccnc3)cc2)=[N+]([O-])C1(C)C. The van der Waals surface area contributed by atoms with Gasteiger partial charge >= 0.3 is 5.84 Å². The lowest BCUT2D eigenvalue weighted by Crippen LogP contribution is -2.53. The Morgan fingerprint density at radius 1 is 1.14 bits per heavy atom. The van der Waals surface area contributed by atoms with Crippen molar-refractivity contribution in [3.63, 3.8) is 0 Å². The summed E-state index contributed by atoms with van der Waals surface area (Å²) in [5.74, 6) is 0.159. The van der Waals surface area contributed by atoms with Crippen molar-refractivity contribution in [3.05, 3.63) is 53.8 Å². The standard InChI is InChI=1S/C16H19N4O2/c1-15(2)16(3,4)20(22)14(19(15)21)12-5-7-13(8-6-12)18-10-9-17-11-18/h5-11H,1-4H3. The summed E-state index contributed by atoms with van der Waals surface area (Å²) in [5.41, 5.74) is -0.0546. The lowest BCUT2D eigenvalue weighted by molar-refractivity contribution is -0.539. The number of aromatic nitrogens is 2. The molecule has 0 saturated carbocycles. The largest absolute Gasteiger partial charge is 0.714 e. The summed E-state index contributed by atoms with van der Waals surface area (Å²) in [5, 5.41) is 26.0. The van der Waals surface area contributed by atoms with Crippen LogP contribution in [0.15, 0.2) is 43.0 Å². The molecule has 1 aromatic heterocycles.